The summed E-state index contributed by atoms with van der Waals surface area (Å²) < 4.78 is 16.3. The summed E-state index contributed by atoms with van der Waals surface area (Å²) in [5, 5.41) is 0. The van der Waals surface area contributed by atoms with Gasteiger partial charge in [-0.3, -0.25) is 4.57 Å². The van der Waals surface area contributed by atoms with Crippen molar-refractivity contribution in [1.82, 2.24) is 0 Å². The van der Waals surface area contributed by atoms with E-state index in [4.69, 9.17) is 14.5 Å². The fraction of sp³-hybridized carbons (Fsp3) is 0.111. The van der Waals surface area contributed by atoms with Crippen molar-refractivity contribution in [3.63, 3.8) is 0 Å². The molecular formula is C9H9O4P. The first kappa shape index (κ1) is 9.46. The molecule has 0 fully saturated rings. The molecule has 0 saturated carbocycles. The van der Waals surface area contributed by atoms with E-state index in [1.54, 1.807) is 24.3 Å². The number of benzene rings is 1. The molecule has 1 unspecified atom stereocenters. The van der Waals surface area contributed by atoms with Gasteiger partial charge in [-0.25, -0.2) is 0 Å². The van der Waals surface area contributed by atoms with E-state index in [0.717, 1.165) is 0 Å². The Balaban J connectivity index is 2.51. The van der Waals surface area contributed by atoms with E-state index in [1.165, 1.54) is 12.3 Å². The lowest BCUT2D eigenvalue weighted by molar-refractivity contribution is 0.360. The molecule has 74 valence electrons. The van der Waals surface area contributed by atoms with Crippen LogP contribution in [0.25, 0.3) is 0 Å². The van der Waals surface area contributed by atoms with Crippen LogP contribution in [0.4, 0.5) is 0 Å². The highest BCUT2D eigenvalue weighted by Crippen LogP contribution is 2.55. The van der Waals surface area contributed by atoms with Gasteiger partial charge in [-0.2, -0.15) is 0 Å². The van der Waals surface area contributed by atoms with E-state index in [1.807, 2.05) is 0 Å². The maximum absolute atomic E-state index is 11.1. The zero-order chi connectivity index (χ0) is 10.2. The van der Waals surface area contributed by atoms with Crippen molar-refractivity contribution < 1.29 is 19.1 Å². The van der Waals surface area contributed by atoms with Gasteiger partial charge in [0.1, 0.15) is 11.4 Å². The molecule has 14 heavy (non-hydrogen) atoms. The summed E-state index contributed by atoms with van der Waals surface area (Å²) >= 11 is 0. The zero-order valence-corrected chi connectivity index (χ0v) is 8.09. The number of fused-ring (bicyclic) bond motifs is 1. The van der Waals surface area contributed by atoms with Crippen LogP contribution in [0.15, 0.2) is 36.6 Å². The second-order valence-corrected chi connectivity index (χ2v) is 4.75. The summed E-state index contributed by atoms with van der Waals surface area (Å²) in [6, 6.07) is 6.82. The van der Waals surface area contributed by atoms with Gasteiger partial charge in [-0.1, -0.05) is 18.2 Å². The van der Waals surface area contributed by atoms with Crippen LogP contribution in [-0.4, -0.2) is 9.79 Å². The lowest BCUT2D eigenvalue weighted by atomic mass is 10.1. The van der Waals surface area contributed by atoms with Crippen LogP contribution in [-0.2, 0) is 4.57 Å². The predicted octanol–water partition coefficient (Wildman–Crippen LogP) is 1.81. The SMILES string of the molecule is O=P(O)(O)C1C=COc2ccccc21. The Morgan fingerprint density at radius 1 is 1.29 bits per heavy atom. The van der Waals surface area contributed by atoms with E-state index in [-0.39, 0.29) is 0 Å². The number of ether oxygens (including phenoxy) is 1. The standard InChI is InChI=1S/C9H9O4P/c10-14(11,12)9-5-6-13-8-4-2-1-3-7(8)9/h1-6,9H,(H2,10,11,12). The number of hydrogen-bond acceptors (Lipinski definition) is 2. The summed E-state index contributed by atoms with van der Waals surface area (Å²) in [6.45, 7) is 0. The van der Waals surface area contributed by atoms with E-state index < -0.39 is 13.3 Å². The minimum atomic E-state index is -4.14. The molecule has 1 atom stereocenters. The smallest absolute Gasteiger partial charge is 0.336 e. The van der Waals surface area contributed by atoms with Crippen molar-refractivity contribution >= 4 is 7.60 Å². The van der Waals surface area contributed by atoms with E-state index in [9.17, 15) is 4.57 Å². The third-order valence-corrected chi connectivity index (χ3v) is 3.23. The Labute approximate surface area is 81.0 Å². The first-order valence-electron chi connectivity index (χ1n) is 4.06. The average Bonchev–Trinajstić information content (AvgIpc) is 2.15. The van der Waals surface area contributed by atoms with Crippen LogP contribution < -0.4 is 4.74 Å². The van der Waals surface area contributed by atoms with Crippen molar-refractivity contribution in [3.8, 4) is 5.75 Å². The number of rotatable bonds is 1. The summed E-state index contributed by atoms with van der Waals surface area (Å²) in [4.78, 5) is 18.2. The molecule has 4 nitrogen and oxygen atoms in total. The maximum atomic E-state index is 11.1. The Bertz CT molecular complexity index is 421. The molecule has 0 spiro atoms. The first-order chi connectivity index (χ1) is 6.59. The summed E-state index contributed by atoms with van der Waals surface area (Å²) in [5.74, 6) is 0.503. The van der Waals surface area contributed by atoms with Gasteiger partial charge in [0.2, 0.25) is 0 Å². The topological polar surface area (TPSA) is 66.8 Å². The lowest BCUT2D eigenvalue weighted by Gasteiger charge is -2.21. The Morgan fingerprint density at radius 3 is 2.71 bits per heavy atom. The van der Waals surface area contributed by atoms with Crippen molar-refractivity contribution in [1.29, 1.82) is 0 Å². The third kappa shape index (κ3) is 1.60. The van der Waals surface area contributed by atoms with Crippen molar-refractivity contribution in [2.75, 3.05) is 0 Å². The van der Waals surface area contributed by atoms with Gasteiger partial charge in [0.15, 0.2) is 0 Å². The Morgan fingerprint density at radius 2 is 2.00 bits per heavy atom. The molecule has 1 heterocycles. The largest absolute Gasteiger partial charge is 0.465 e. The third-order valence-electron chi connectivity index (χ3n) is 2.06. The highest BCUT2D eigenvalue weighted by atomic mass is 31.2. The van der Waals surface area contributed by atoms with Crippen molar-refractivity contribution in [3.05, 3.63) is 42.2 Å². The molecule has 0 radical (unpaired) electrons. The Kier molecular flexibility index (Phi) is 2.19. The average molecular weight is 212 g/mol. The Hall–Kier alpha value is -1.09. The monoisotopic (exact) mass is 212 g/mol. The molecule has 1 aromatic carbocycles. The van der Waals surface area contributed by atoms with Crippen LogP contribution >= 0.6 is 7.60 Å². The molecule has 1 aromatic rings. The molecule has 2 rings (SSSR count). The summed E-state index contributed by atoms with van der Waals surface area (Å²) in [6.07, 6.45) is 2.69. The van der Waals surface area contributed by atoms with E-state index >= 15 is 0 Å². The minimum absolute atomic E-state index is 0.503. The molecule has 5 heteroatoms. The van der Waals surface area contributed by atoms with Gasteiger partial charge in [0.25, 0.3) is 0 Å². The molecule has 1 aliphatic rings. The highest BCUT2D eigenvalue weighted by molar-refractivity contribution is 7.52. The number of allylic oxidation sites excluding steroid dienone is 1. The molecule has 2 N–H and O–H groups in total. The quantitative estimate of drug-likeness (QED) is 0.696. The second-order valence-electron chi connectivity index (χ2n) is 3.02. The lowest BCUT2D eigenvalue weighted by Crippen LogP contribution is -2.04. The normalized spacial score (nSPS) is 20.0. The summed E-state index contributed by atoms with van der Waals surface area (Å²) in [7, 11) is -4.14. The number of hydrogen-bond donors (Lipinski definition) is 2. The van der Waals surface area contributed by atoms with E-state index in [2.05, 4.69) is 0 Å². The van der Waals surface area contributed by atoms with Crippen LogP contribution in [0.2, 0.25) is 0 Å². The van der Waals surface area contributed by atoms with Crippen LogP contribution in [0.1, 0.15) is 11.2 Å². The van der Waals surface area contributed by atoms with Crippen LogP contribution in [0.3, 0.4) is 0 Å². The first-order valence-corrected chi connectivity index (χ1v) is 5.74. The van der Waals surface area contributed by atoms with Crippen LogP contribution in [0.5, 0.6) is 5.75 Å². The van der Waals surface area contributed by atoms with Gasteiger partial charge in [0.05, 0.1) is 6.26 Å². The summed E-state index contributed by atoms with van der Waals surface area (Å²) in [5.41, 5.74) is -0.351. The van der Waals surface area contributed by atoms with E-state index in [0.29, 0.717) is 11.3 Å². The molecule has 1 aliphatic heterocycles. The maximum Gasteiger partial charge on any atom is 0.336 e. The predicted molar refractivity (Wildman–Crippen MR) is 51.0 cm³/mol. The van der Waals surface area contributed by atoms with Crippen molar-refractivity contribution in [2.24, 2.45) is 0 Å². The fourth-order valence-electron chi connectivity index (χ4n) is 1.42. The van der Waals surface area contributed by atoms with Gasteiger partial charge in [-0.05, 0) is 12.1 Å². The molecular weight excluding hydrogens is 203 g/mol. The van der Waals surface area contributed by atoms with Gasteiger partial charge in [-0.15, -0.1) is 0 Å². The van der Waals surface area contributed by atoms with Gasteiger partial charge < -0.3 is 14.5 Å². The fourth-order valence-corrected chi connectivity index (χ4v) is 2.29. The highest BCUT2D eigenvalue weighted by Gasteiger charge is 2.32. The van der Waals surface area contributed by atoms with Gasteiger partial charge in [0, 0.05) is 5.56 Å². The number of para-hydroxylation sites is 1. The molecule has 0 aliphatic carbocycles. The molecule has 0 amide bonds. The van der Waals surface area contributed by atoms with Gasteiger partial charge >= 0.3 is 7.60 Å². The van der Waals surface area contributed by atoms with Crippen LogP contribution in [0, 0.1) is 0 Å². The molecule has 0 saturated heterocycles. The molecule has 0 aromatic heterocycles. The minimum Gasteiger partial charge on any atom is -0.465 e. The zero-order valence-electron chi connectivity index (χ0n) is 7.20. The molecule has 0 bridgehead atoms. The second kappa shape index (κ2) is 3.24. The van der Waals surface area contributed by atoms with Crippen molar-refractivity contribution in [2.45, 2.75) is 5.66 Å².